The highest BCUT2D eigenvalue weighted by Gasteiger charge is 2.08. The van der Waals surface area contributed by atoms with E-state index in [1.54, 1.807) is 13.3 Å². The van der Waals surface area contributed by atoms with Crippen LogP contribution in [0.5, 0.6) is 0 Å². The van der Waals surface area contributed by atoms with Gasteiger partial charge in [-0.3, -0.25) is 9.59 Å². The lowest BCUT2D eigenvalue weighted by atomic mass is 10.2. The van der Waals surface area contributed by atoms with Crippen molar-refractivity contribution in [3.05, 3.63) is 34.2 Å². The van der Waals surface area contributed by atoms with Crippen LogP contribution in [-0.2, 0) is 11.3 Å². The second-order valence-electron chi connectivity index (χ2n) is 4.07. The summed E-state index contributed by atoms with van der Waals surface area (Å²) in [4.78, 5) is 23.2. The molecular weight excluding hydrogens is 220 g/mol. The number of carbonyl (C=O) groups is 1. The fourth-order valence-electron chi connectivity index (χ4n) is 1.38. The van der Waals surface area contributed by atoms with E-state index in [0.717, 1.165) is 0 Å². The third kappa shape index (κ3) is 4.03. The van der Waals surface area contributed by atoms with Crippen molar-refractivity contribution in [1.29, 1.82) is 0 Å². The van der Waals surface area contributed by atoms with Gasteiger partial charge in [-0.25, -0.2) is 0 Å². The summed E-state index contributed by atoms with van der Waals surface area (Å²) in [6.07, 6.45) is 1.55. The summed E-state index contributed by atoms with van der Waals surface area (Å²) in [6, 6.07) is 3.00. The minimum Gasteiger partial charge on any atom is -0.383 e. The Morgan fingerprint density at radius 1 is 1.47 bits per heavy atom. The van der Waals surface area contributed by atoms with Crippen LogP contribution in [0.25, 0.3) is 0 Å². The molecule has 0 aliphatic heterocycles. The summed E-state index contributed by atoms with van der Waals surface area (Å²) >= 11 is 0. The maximum absolute atomic E-state index is 11.7. The number of ether oxygens (including phenoxy) is 1. The molecule has 94 valence electrons. The first-order valence-electron chi connectivity index (χ1n) is 5.55. The second kappa shape index (κ2) is 6.20. The molecule has 1 heterocycles. The van der Waals surface area contributed by atoms with Crippen LogP contribution in [0.4, 0.5) is 0 Å². The van der Waals surface area contributed by atoms with Gasteiger partial charge >= 0.3 is 0 Å². The molecule has 0 bridgehead atoms. The van der Waals surface area contributed by atoms with Crippen LogP contribution in [0.15, 0.2) is 23.1 Å². The van der Waals surface area contributed by atoms with Gasteiger partial charge in [-0.05, 0) is 19.9 Å². The van der Waals surface area contributed by atoms with Gasteiger partial charge in [-0.1, -0.05) is 0 Å². The number of hydrogen-bond acceptors (Lipinski definition) is 3. The summed E-state index contributed by atoms with van der Waals surface area (Å²) in [6.45, 7) is 4.66. The molecule has 0 aliphatic carbocycles. The van der Waals surface area contributed by atoms with Crippen LogP contribution >= 0.6 is 0 Å². The monoisotopic (exact) mass is 238 g/mol. The van der Waals surface area contributed by atoms with Gasteiger partial charge in [0, 0.05) is 32.0 Å². The van der Waals surface area contributed by atoms with E-state index in [4.69, 9.17) is 4.74 Å². The topological polar surface area (TPSA) is 60.3 Å². The maximum atomic E-state index is 11.7. The average Bonchev–Trinajstić information content (AvgIpc) is 2.27. The van der Waals surface area contributed by atoms with Gasteiger partial charge in [-0.2, -0.15) is 0 Å². The number of amides is 1. The van der Waals surface area contributed by atoms with Crippen molar-refractivity contribution in [2.24, 2.45) is 0 Å². The van der Waals surface area contributed by atoms with Gasteiger partial charge in [-0.15, -0.1) is 0 Å². The first-order chi connectivity index (χ1) is 8.04. The Hall–Kier alpha value is -1.62. The molecule has 1 rings (SSSR count). The van der Waals surface area contributed by atoms with Gasteiger partial charge in [0.05, 0.1) is 12.2 Å². The van der Waals surface area contributed by atoms with E-state index in [9.17, 15) is 9.59 Å². The second-order valence-corrected chi connectivity index (χ2v) is 4.07. The minimum atomic E-state index is -0.175. The third-order valence-electron chi connectivity index (χ3n) is 2.20. The van der Waals surface area contributed by atoms with Gasteiger partial charge < -0.3 is 14.6 Å². The highest BCUT2D eigenvalue weighted by atomic mass is 16.5. The predicted molar refractivity (Wildman–Crippen MR) is 65.2 cm³/mol. The Morgan fingerprint density at radius 2 is 2.18 bits per heavy atom. The van der Waals surface area contributed by atoms with Crippen molar-refractivity contribution in [2.75, 3.05) is 13.7 Å². The lowest BCUT2D eigenvalue weighted by Crippen LogP contribution is -2.31. The van der Waals surface area contributed by atoms with E-state index in [1.807, 2.05) is 13.8 Å². The molecule has 0 aliphatic rings. The highest BCUT2D eigenvalue weighted by molar-refractivity contribution is 5.93. The predicted octanol–water partition coefficient (Wildman–Crippen LogP) is 0.633. The molecule has 0 unspecified atom stereocenters. The molecule has 5 nitrogen and oxygen atoms in total. The quantitative estimate of drug-likeness (QED) is 0.818. The largest absolute Gasteiger partial charge is 0.383 e. The van der Waals surface area contributed by atoms with Crippen molar-refractivity contribution in [1.82, 2.24) is 9.88 Å². The van der Waals surface area contributed by atoms with E-state index in [-0.39, 0.29) is 17.5 Å². The van der Waals surface area contributed by atoms with Gasteiger partial charge in [0.2, 0.25) is 0 Å². The lowest BCUT2D eigenvalue weighted by Gasteiger charge is -2.10. The summed E-state index contributed by atoms with van der Waals surface area (Å²) < 4.78 is 6.38. The Balaban J connectivity index is 2.88. The van der Waals surface area contributed by atoms with Crippen LogP contribution < -0.4 is 10.9 Å². The van der Waals surface area contributed by atoms with Crippen molar-refractivity contribution >= 4 is 5.91 Å². The molecule has 0 saturated carbocycles. The van der Waals surface area contributed by atoms with Crippen LogP contribution in [-0.4, -0.2) is 30.2 Å². The van der Waals surface area contributed by atoms with Crippen molar-refractivity contribution in [3.63, 3.8) is 0 Å². The Labute approximate surface area is 100 Å². The fraction of sp³-hybridized carbons (Fsp3) is 0.500. The van der Waals surface area contributed by atoms with E-state index >= 15 is 0 Å². The molecular formula is C12H18N2O3. The molecule has 0 aromatic carbocycles. The number of hydrogen-bond donors (Lipinski definition) is 1. The summed E-state index contributed by atoms with van der Waals surface area (Å²) in [5.74, 6) is -0.175. The van der Waals surface area contributed by atoms with E-state index in [2.05, 4.69) is 5.32 Å². The summed E-state index contributed by atoms with van der Waals surface area (Å²) in [5, 5.41) is 2.78. The van der Waals surface area contributed by atoms with Crippen molar-refractivity contribution < 1.29 is 9.53 Å². The SMILES string of the molecule is COCCn1cc(C(=O)NC(C)C)ccc1=O. The molecule has 0 radical (unpaired) electrons. The number of rotatable bonds is 5. The smallest absolute Gasteiger partial charge is 0.252 e. The molecule has 0 fully saturated rings. The van der Waals surface area contributed by atoms with E-state index < -0.39 is 0 Å². The molecule has 1 aromatic heterocycles. The lowest BCUT2D eigenvalue weighted by molar-refractivity contribution is 0.0942. The number of carbonyl (C=O) groups excluding carboxylic acids is 1. The van der Waals surface area contributed by atoms with Crippen molar-refractivity contribution in [2.45, 2.75) is 26.4 Å². The summed E-state index contributed by atoms with van der Waals surface area (Å²) in [7, 11) is 1.57. The van der Waals surface area contributed by atoms with Crippen molar-refractivity contribution in [3.8, 4) is 0 Å². The number of nitrogens with one attached hydrogen (secondary N) is 1. The number of methoxy groups -OCH3 is 1. The molecule has 1 aromatic rings. The van der Waals surface area contributed by atoms with Crippen LogP contribution in [0.2, 0.25) is 0 Å². The van der Waals surface area contributed by atoms with Gasteiger partial charge in [0.15, 0.2) is 0 Å². The minimum absolute atomic E-state index is 0.0712. The van der Waals surface area contributed by atoms with E-state index in [1.165, 1.54) is 16.7 Å². The molecule has 0 spiro atoms. The van der Waals surface area contributed by atoms with Crippen LogP contribution in [0.3, 0.4) is 0 Å². The highest BCUT2D eigenvalue weighted by Crippen LogP contribution is 1.97. The van der Waals surface area contributed by atoms with E-state index in [0.29, 0.717) is 18.7 Å². The zero-order chi connectivity index (χ0) is 12.8. The third-order valence-corrected chi connectivity index (χ3v) is 2.20. The fourth-order valence-corrected chi connectivity index (χ4v) is 1.38. The zero-order valence-electron chi connectivity index (χ0n) is 10.4. The molecule has 0 atom stereocenters. The van der Waals surface area contributed by atoms with Crippen LogP contribution in [0, 0.1) is 0 Å². The van der Waals surface area contributed by atoms with Crippen LogP contribution in [0.1, 0.15) is 24.2 Å². The summed E-state index contributed by atoms with van der Waals surface area (Å²) in [5.41, 5.74) is 0.345. The van der Waals surface area contributed by atoms with Gasteiger partial charge in [0.25, 0.3) is 11.5 Å². The molecule has 17 heavy (non-hydrogen) atoms. The molecule has 1 amide bonds. The number of nitrogens with zero attached hydrogens (tertiary/aromatic N) is 1. The van der Waals surface area contributed by atoms with Gasteiger partial charge in [0.1, 0.15) is 0 Å². The average molecular weight is 238 g/mol. The first-order valence-corrected chi connectivity index (χ1v) is 5.55. The Morgan fingerprint density at radius 3 is 2.76 bits per heavy atom. The molecule has 1 N–H and O–H groups in total. The molecule has 0 saturated heterocycles. The normalized spacial score (nSPS) is 10.6. The first kappa shape index (κ1) is 13.4. The maximum Gasteiger partial charge on any atom is 0.252 e. The zero-order valence-corrected chi connectivity index (χ0v) is 10.4. The Kier molecular flexibility index (Phi) is 4.90. The number of aromatic nitrogens is 1. The number of pyridine rings is 1. The standard InChI is InChI=1S/C12H18N2O3/c1-9(2)13-12(16)10-4-5-11(15)14(8-10)6-7-17-3/h4-5,8-9H,6-7H2,1-3H3,(H,13,16). The Bertz CT molecular complexity index is 438. The molecule has 5 heteroatoms.